The Morgan fingerprint density at radius 3 is 2.22 bits per heavy atom. The summed E-state index contributed by atoms with van der Waals surface area (Å²) in [5, 5.41) is 4.12. The number of nitrogens with one attached hydrogen (secondary N) is 1. The second-order valence-corrected chi connectivity index (χ2v) is 6.15. The van der Waals surface area contributed by atoms with E-state index in [0.717, 1.165) is 18.4 Å². The van der Waals surface area contributed by atoms with Gasteiger partial charge in [0.05, 0.1) is 11.6 Å². The topological polar surface area (TPSA) is 46.0 Å². The molecule has 0 heterocycles. The number of halogens is 4. The van der Waals surface area contributed by atoms with E-state index in [1.165, 1.54) is 42.6 Å². The SMILES string of the molecule is CN=C(N/N=C/c1ccc(OC(F)(F)F)cc1)C1(c2ccc(F)cc2)CC1. The molecule has 1 N–H and O–H groups in total. The first kappa shape index (κ1) is 18.9. The molecule has 0 aliphatic heterocycles. The summed E-state index contributed by atoms with van der Waals surface area (Å²) in [4.78, 5) is 4.26. The predicted octanol–water partition coefficient (Wildman–Crippen LogP) is 4.41. The summed E-state index contributed by atoms with van der Waals surface area (Å²) < 4.78 is 53.4. The van der Waals surface area contributed by atoms with Crippen molar-refractivity contribution in [3.8, 4) is 5.75 Å². The number of nitrogens with zero attached hydrogens (tertiary/aromatic N) is 2. The van der Waals surface area contributed by atoms with Gasteiger partial charge in [-0.1, -0.05) is 12.1 Å². The number of alkyl halides is 3. The monoisotopic (exact) mass is 379 g/mol. The average molecular weight is 379 g/mol. The van der Waals surface area contributed by atoms with Crippen LogP contribution in [0.3, 0.4) is 0 Å². The summed E-state index contributed by atoms with van der Waals surface area (Å²) in [5.41, 5.74) is 4.16. The quantitative estimate of drug-likeness (QED) is 0.362. The van der Waals surface area contributed by atoms with E-state index >= 15 is 0 Å². The Balaban J connectivity index is 1.65. The van der Waals surface area contributed by atoms with Crippen LogP contribution in [0.2, 0.25) is 0 Å². The molecule has 27 heavy (non-hydrogen) atoms. The van der Waals surface area contributed by atoms with Crippen molar-refractivity contribution < 1.29 is 22.3 Å². The van der Waals surface area contributed by atoms with Crippen molar-refractivity contribution >= 4 is 12.1 Å². The van der Waals surface area contributed by atoms with Crippen LogP contribution in [0.25, 0.3) is 0 Å². The number of hydrogen-bond donors (Lipinski definition) is 1. The number of amidine groups is 1. The second kappa shape index (κ2) is 7.38. The molecule has 0 aromatic heterocycles. The molecule has 8 heteroatoms. The first-order valence-electron chi connectivity index (χ1n) is 8.21. The van der Waals surface area contributed by atoms with Gasteiger partial charge in [0.15, 0.2) is 0 Å². The molecular weight excluding hydrogens is 362 g/mol. The highest BCUT2D eigenvalue weighted by Gasteiger charge is 2.49. The van der Waals surface area contributed by atoms with E-state index in [4.69, 9.17) is 0 Å². The zero-order chi connectivity index (χ0) is 19.5. The molecule has 0 saturated heterocycles. The third-order valence-electron chi connectivity index (χ3n) is 4.32. The van der Waals surface area contributed by atoms with Crippen LogP contribution < -0.4 is 10.2 Å². The lowest BCUT2D eigenvalue weighted by atomic mass is 9.94. The van der Waals surface area contributed by atoms with Gasteiger partial charge in [0.2, 0.25) is 0 Å². The smallest absolute Gasteiger partial charge is 0.406 e. The number of benzene rings is 2. The van der Waals surface area contributed by atoms with Gasteiger partial charge >= 0.3 is 6.36 Å². The fraction of sp³-hybridized carbons (Fsp3) is 0.263. The molecule has 0 amide bonds. The molecule has 142 valence electrons. The highest BCUT2D eigenvalue weighted by atomic mass is 19.4. The van der Waals surface area contributed by atoms with Crippen molar-refractivity contribution in [1.29, 1.82) is 0 Å². The lowest BCUT2D eigenvalue weighted by Crippen LogP contribution is -2.31. The number of aliphatic imine (C=N–C) groups is 1. The molecule has 2 aromatic carbocycles. The summed E-state index contributed by atoms with van der Waals surface area (Å²) in [6.07, 6.45) is -1.50. The highest BCUT2D eigenvalue weighted by Crippen LogP contribution is 2.48. The van der Waals surface area contributed by atoms with Gasteiger partial charge in [0, 0.05) is 7.05 Å². The summed E-state index contributed by atoms with van der Waals surface area (Å²) in [7, 11) is 1.64. The van der Waals surface area contributed by atoms with E-state index < -0.39 is 6.36 Å². The van der Waals surface area contributed by atoms with Crippen LogP contribution in [0, 0.1) is 5.82 Å². The van der Waals surface area contributed by atoms with Crippen LogP contribution in [-0.2, 0) is 5.41 Å². The van der Waals surface area contributed by atoms with Crippen molar-refractivity contribution in [2.45, 2.75) is 24.6 Å². The Bertz CT molecular complexity index is 839. The summed E-state index contributed by atoms with van der Waals surface area (Å²) in [6.45, 7) is 0. The van der Waals surface area contributed by atoms with Crippen LogP contribution in [0.4, 0.5) is 17.6 Å². The van der Waals surface area contributed by atoms with Crippen molar-refractivity contribution in [3.05, 3.63) is 65.5 Å². The van der Waals surface area contributed by atoms with Gasteiger partial charge < -0.3 is 4.74 Å². The molecule has 1 aliphatic carbocycles. The lowest BCUT2D eigenvalue weighted by Gasteiger charge is -2.17. The Labute approximate surface area is 153 Å². The van der Waals surface area contributed by atoms with Gasteiger partial charge in [0.1, 0.15) is 17.4 Å². The van der Waals surface area contributed by atoms with Crippen LogP contribution in [0.15, 0.2) is 58.6 Å². The van der Waals surface area contributed by atoms with E-state index in [2.05, 4.69) is 20.3 Å². The van der Waals surface area contributed by atoms with E-state index in [1.807, 2.05) is 0 Å². The van der Waals surface area contributed by atoms with Gasteiger partial charge in [-0.15, -0.1) is 13.2 Å². The van der Waals surface area contributed by atoms with E-state index in [0.29, 0.717) is 11.4 Å². The van der Waals surface area contributed by atoms with Gasteiger partial charge in [-0.25, -0.2) is 4.39 Å². The van der Waals surface area contributed by atoms with Crippen molar-refractivity contribution in [3.63, 3.8) is 0 Å². The first-order chi connectivity index (χ1) is 12.8. The number of rotatable bonds is 5. The fourth-order valence-electron chi connectivity index (χ4n) is 2.85. The van der Waals surface area contributed by atoms with Crippen molar-refractivity contribution in [2.75, 3.05) is 7.05 Å². The second-order valence-electron chi connectivity index (χ2n) is 6.15. The molecule has 3 rings (SSSR count). The van der Waals surface area contributed by atoms with E-state index in [1.54, 1.807) is 19.2 Å². The predicted molar refractivity (Wildman–Crippen MR) is 94.5 cm³/mol. The largest absolute Gasteiger partial charge is 0.573 e. The van der Waals surface area contributed by atoms with Crippen LogP contribution >= 0.6 is 0 Å². The van der Waals surface area contributed by atoms with Gasteiger partial charge in [0.25, 0.3) is 0 Å². The molecule has 2 aromatic rings. The van der Waals surface area contributed by atoms with Crippen molar-refractivity contribution in [1.82, 2.24) is 5.43 Å². The summed E-state index contributed by atoms with van der Waals surface area (Å²) >= 11 is 0. The highest BCUT2D eigenvalue weighted by molar-refractivity contribution is 5.96. The molecule has 1 saturated carbocycles. The van der Waals surface area contributed by atoms with Crippen LogP contribution in [-0.4, -0.2) is 25.5 Å². The number of hydrazone groups is 1. The molecule has 1 aliphatic rings. The van der Waals surface area contributed by atoms with Gasteiger partial charge in [-0.2, -0.15) is 5.10 Å². The van der Waals surface area contributed by atoms with Crippen molar-refractivity contribution in [2.24, 2.45) is 10.1 Å². The molecule has 0 unspecified atom stereocenters. The van der Waals surface area contributed by atoms with Gasteiger partial charge in [-0.3, -0.25) is 10.4 Å². The number of ether oxygens (including phenoxy) is 1. The first-order valence-corrected chi connectivity index (χ1v) is 8.21. The standard InChI is InChI=1S/C19H17F4N3O/c1-24-17(18(10-11-18)14-4-6-15(20)7-5-14)26-25-12-13-2-8-16(9-3-13)27-19(21,22)23/h2-9,12H,10-11H2,1H3,(H,24,26)/b25-12+. The van der Waals surface area contributed by atoms with Crippen LogP contribution in [0.5, 0.6) is 5.75 Å². The zero-order valence-corrected chi connectivity index (χ0v) is 14.4. The molecule has 0 spiro atoms. The Morgan fingerprint density at radius 1 is 1.07 bits per heavy atom. The van der Waals surface area contributed by atoms with Crippen LogP contribution in [0.1, 0.15) is 24.0 Å². The maximum absolute atomic E-state index is 13.1. The molecule has 1 fully saturated rings. The summed E-state index contributed by atoms with van der Waals surface area (Å²) in [6, 6.07) is 11.6. The average Bonchev–Trinajstić information content (AvgIpc) is 3.41. The zero-order valence-electron chi connectivity index (χ0n) is 14.4. The Kier molecular flexibility index (Phi) is 5.16. The van der Waals surface area contributed by atoms with Gasteiger partial charge in [-0.05, 0) is 60.4 Å². The Morgan fingerprint density at radius 2 is 1.70 bits per heavy atom. The molecular formula is C19H17F4N3O. The molecule has 0 atom stereocenters. The lowest BCUT2D eigenvalue weighted by molar-refractivity contribution is -0.274. The maximum atomic E-state index is 13.1. The molecule has 4 nitrogen and oxygen atoms in total. The third kappa shape index (κ3) is 4.64. The normalized spacial score (nSPS) is 16.4. The Hall–Kier alpha value is -2.90. The molecule has 0 radical (unpaired) electrons. The number of hydrogen-bond acceptors (Lipinski definition) is 3. The third-order valence-corrected chi connectivity index (χ3v) is 4.32. The van der Waals surface area contributed by atoms with E-state index in [-0.39, 0.29) is 17.0 Å². The molecule has 0 bridgehead atoms. The van der Waals surface area contributed by atoms with E-state index in [9.17, 15) is 17.6 Å². The summed E-state index contributed by atoms with van der Waals surface area (Å²) in [5.74, 6) is 0.0625. The minimum Gasteiger partial charge on any atom is -0.406 e. The minimum absolute atomic E-state index is 0.295. The fourth-order valence-corrected chi connectivity index (χ4v) is 2.85. The minimum atomic E-state index is -4.72. The maximum Gasteiger partial charge on any atom is 0.573 e.